The highest BCUT2D eigenvalue weighted by molar-refractivity contribution is 6.76. The molecule has 0 aromatic heterocycles. The number of nitrogens with zero attached hydrogens (tertiary/aromatic N) is 2. The van der Waals surface area contributed by atoms with Crippen LogP contribution in [0, 0.1) is 0 Å². The number of hydrogen-bond donors (Lipinski definition) is 0. The van der Waals surface area contributed by atoms with E-state index in [2.05, 4.69) is 97.5 Å². The first-order chi connectivity index (χ1) is 10.9. The maximum atomic E-state index is 2.18. The van der Waals surface area contributed by atoms with Crippen molar-refractivity contribution in [2.24, 2.45) is 0 Å². The summed E-state index contributed by atoms with van der Waals surface area (Å²) in [6.45, 7) is 0. The quantitative estimate of drug-likeness (QED) is 0.663. The molecule has 0 unspecified atom stereocenters. The van der Waals surface area contributed by atoms with E-state index in [9.17, 15) is 0 Å². The smallest absolute Gasteiger partial charge is 0.312 e. The Balaban J connectivity index is 1.79. The van der Waals surface area contributed by atoms with Crippen molar-refractivity contribution in [3.05, 3.63) is 84.9 Å². The van der Waals surface area contributed by atoms with Crippen LogP contribution in [-0.2, 0) is 0 Å². The Labute approximate surface area is 132 Å². The van der Waals surface area contributed by atoms with Crippen molar-refractivity contribution >= 4 is 37.1 Å². The highest BCUT2D eigenvalue weighted by Crippen LogP contribution is 2.22. The molecular weight excluding hydrogens is 266 g/mol. The molecule has 1 aliphatic heterocycles. The summed E-state index contributed by atoms with van der Waals surface area (Å²) in [5, 5.41) is 0. The lowest BCUT2D eigenvalue weighted by molar-refractivity contribution is 1.12. The molecule has 0 saturated heterocycles. The average Bonchev–Trinajstić information content (AvgIpc) is 2.62. The van der Waals surface area contributed by atoms with E-state index in [0.29, 0.717) is 0 Å². The van der Waals surface area contributed by atoms with Gasteiger partial charge < -0.3 is 9.84 Å². The molecule has 1 heterocycles. The first-order valence-corrected chi connectivity index (χ1v) is 7.39. The second-order valence-corrected chi connectivity index (χ2v) is 5.25. The number of anilines is 2. The molecule has 0 amide bonds. The van der Waals surface area contributed by atoms with Crippen LogP contribution in [0.15, 0.2) is 84.9 Å². The Bertz CT molecular complexity index is 696. The van der Waals surface area contributed by atoms with Crippen LogP contribution in [0.1, 0.15) is 0 Å². The second kappa shape index (κ2) is 5.64. The summed E-state index contributed by atoms with van der Waals surface area (Å²) in [5.41, 5.74) is 4.71. The van der Waals surface area contributed by atoms with Gasteiger partial charge in [0.25, 0.3) is 0 Å². The van der Waals surface area contributed by atoms with Gasteiger partial charge in [-0.1, -0.05) is 71.6 Å². The van der Waals surface area contributed by atoms with Crippen molar-refractivity contribution in [3.63, 3.8) is 0 Å². The third-order valence-corrected chi connectivity index (χ3v) is 3.79. The van der Waals surface area contributed by atoms with Gasteiger partial charge in [-0.25, -0.2) is 0 Å². The van der Waals surface area contributed by atoms with Crippen LogP contribution in [-0.4, -0.2) is 14.8 Å². The fraction of sp³-hybridized carbons (Fsp3) is 0. The molecule has 4 rings (SSSR count). The summed E-state index contributed by atoms with van der Waals surface area (Å²) in [7, 11) is 4.36. The predicted octanol–water partition coefficient (Wildman–Crippen LogP) is 2.12. The predicted molar refractivity (Wildman–Crippen MR) is 95.1 cm³/mol. The molecule has 2 nitrogen and oxygen atoms in total. The Hall–Kier alpha value is -2.61. The molecule has 0 saturated carbocycles. The van der Waals surface area contributed by atoms with Crippen LogP contribution in [0.5, 0.6) is 0 Å². The number of rotatable bonds is 2. The van der Waals surface area contributed by atoms with Gasteiger partial charge in [0.05, 0.1) is 0 Å². The zero-order valence-electron chi connectivity index (χ0n) is 12.1. The van der Waals surface area contributed by atoms with Crippen molar-refractivity contribution in [2.75, 3.05) is 9.84 Å². The van der Waals surface area contributed by atoms with Gasteiger partial charge in [-0.3, -0.25) is 0 Å². The summed E-state index contributed by atoms with van der Waals surface area (Å²) in [6, 6.07) is 29.2. The SMILES string of the molecule is [B]1c2ccccc2[B]N(c2ccccc2)N1c1ccccc1. The van der Waals surface area contributed by atoms with E-state index in [0.717, 1.165) is 11.4 Å². The maximum absolute atomic E-state index is 2.18. The van der Waals surface area contributed by atoms with Gasteiger partial charge >= 0.3 is 14.8 Å². The standard InChI is InChI=1S/C18H14B2N2/c1-3-9-15(10-4-1)21-19-17-13-7-8-14-18(17)20-22(21)16-11-5-2-6-12-16/h1-14H. The van der Waals surface area contributed by atoms with Crippen molar-refractivity contribution in [2.45, 2.75) is 0 Å². The highest BCUT2D eigenvalue weighted by Gasteiger charge is 2.27. The lowest BCUT2D eigenvalue weighted by atomic mass is 9.63. The fourth-order valence-electron chi connectivity index (χ4n) is 2.69. The van der Waals surface area contributed by atoms with Gasteiger partial charge in [0.1, 0.15) is 0 Å². The van der Waals surface area contributed by atoms with Gasteiger partial charge in [0, 0.05) is 11.4 Å². The molecule has 4 heteroatoms. The minimum atomic E-state index is 1.14. The minimum Gasteiger partial charge on any atom is -0.342 e. The second-order valence-electron chi connectivity index (χ2n) is 5.25. The molecule has 3 aromatic carbocycles. The molecule has 3 aromatic rings. The lowest BCUT2D eigenvalue weighted by Crippen LogP contribution is -2.63. The molecule has 0 N–H and O–H groups in total. The van der Waals surface area contributed by atoms with Crippen LogP contribution >= 0.6 is 0 Å². The zero-order chi connectivity index (χ0) is 14.8. The number of hydrazine groups is 1. The van der Waals surface area contributed by atoms with Gasteiger partial charge in [0.2, 0.25) is 0 Å². The maximum Gasteiger partial charge on any atom is 0.312 e. The Kier molecular flexibility index (Phi) is 3.36. The Morgan fingerprint density at radius 1 is 0.455 bits per heavy atom. The van der Waals surface area contributed by atoms with E-state index >= 15 is 0 Å². The van der Waals surface area contributed by atoms with E-state index in [-0.39, 0.29) is 0 Å². The van der Waals surface area contributed by atoms with Gasteiger partial charge in [-0.15, -0.1) is 0 Å². The summed E-state index contributed by atoms with van der Waals surface area (Å²) in [4.78, 5) is 4.36. The summed E-state index contributed by atoms with van der Waals surface area (Å²) < 4.78 is 0. The van der Waals surface area contributed by atoms with Crippen LogP contribution in [0.2, 0.25) is 0 Å². The molecule has 0 bridgehead atoms. The average molecular weight is 280 g/mol. The van der Waals surface area contributed by atoms with Crippen LogP contribution in [0.3, 0.4) is 0 Å². The molecule has 1 aliphatic rings. The molecule has 0 spiro atoms. The van der Waals surface area contributed by atoms with Gasteiger partial charge in [-0.05, 0) is 24.3 Å². The van der Waals surface area contributed by atoms with Crippen molar-refractivity contribution in [1.29, 1.82) is 0 Å². The van der Waals surface area contributed by atoms with Crippen molar-refractivity contribution in [1.82, 2.24) is 0 Å². The topological polar surface area (TPSA) is 6.48 Å². The van der Waals surface area contributed by atoms with E-state index in [1.54, 1.807) is 0 Å². The first-order valence-electron chi connectivity index (χ1n) is 7.39. The van der Waals surface area contributed by atoms with Crippen molar-refractivity contribution in [3.8, 4) is 0 Å². The third kappa shape index (κ3) is 2.37. The molecule has 2 radical (unpaired) electrons. The molecule has 0 aliphatic carbocycles. The van der Waals surface area contributed by atoms with Gasteiger partial charge in [-0.2, -0.15) is 0 Å². The molecule has 0 fully saturated rings. The highest BCUT2D eigenvalue weighted by atomic mass is 15.6. The normalized spacial score (nSPS) is 13.1. The fourth-order valence-corrected chi connectivity index (χ4v) is 2.69. The Morgan fingerprint density at radius 2 is 0.818 bits per heavy atom. The molecule has 22 heavy (non-hydrogen) atoms. The van der Waals surface area contributed by atoms with Gasteiger partial charge in [0.15, 0.2) is 0 Å². The third-order valence-electron chi connectivity index (χ3n) is 3.79. The van der Waals surface area contributed by atoms with Crippen LogP contribution < -0.4 is 20.8 Å². The first kappa shape index (κ1) is 13.1. The van der Waals surface area contributed by atoms with Crippen LogP contribution in [0.4, 0.5) is 11.4 Å². The molecular formula is C18H14B2N2. The number of para-hydroxylation sites is 2. The summed E-state index contributed by atoms with van der Waals surface area (Å²) in [6.07, 6.45) is 0. The molecule has 102 valence electrons. The lowest BCUT2D eigenvalue weighted by Gasteiger charge is -2.42. The Morgan fingerprint density at radius 3 is 1.23 bits per heavy atom. The minimum absolute atomic E-state index is 1.14. The number of fused-ring (bicyclic) bond motifs is 1. The monoisotopic (exact) mass is 280 g/mol. The zero-order valence-corrected chi connectivity index (χ0v) is 12.1. The van der Waals surface area contributed by atoms with Crippen LogP contribution in [0.25, 0.3) is 0 Å². The molecule has 0 atom stereocenters. The largest absolute Gasteiger partial charge is 0.342 e. The van der Waals surface area contributed by atoms with E-state index in [4.69, 9.17) is 0 Å². The number of benzene rings is 3. The summed E-state index contributed by atoms with van der Waals surface area (Å²) in [5.74, 6) is 0. The summed E-state index contributed by atoms with van der Waals surface area (Å²) >= 11 is 0. The number of hydrogen-bond acceptors (Lipinski definition) is 2. The van der Waals surface area contributed by atoms with E-state index in [1.807, 2.05) is 12.1 Å². The van der Waals surface area contributed by atoms with E-state index < -0.39 is 0 Å². The van der Waals surface area contributed by atoms with Crippen molar-refractivity contribution < 1.29 is 0 Å². The van der Waals surface area contributed by atoms with E-state index in [1.165, 1.54) is 10.9 Å².